The second-order valence-corrected chi connectivity index (χ2v) is 5.89. The summed E-state index contributed by atoms with van der Waals surface area (Å²) in [5.41, 5.74) is 2.67. The molecule has 1 aliphatic heterocycles. The van der Waals surface area contributed by atoms with Crippen molar-refractivity contribution >= 4 is 17.3 Å². The van der Waals surface area contributed by atoms with E-state index in [1.165, 1.54) is 19.3 Å². The number of hydrogen-bond acceptors (Lipinski definition) is 3. The van der Waals surface area contributed by atoms with E-state index in [2.05, 4.69) is 15.6 Å². The Morgan fingerprint density at radius 2 is 2.05 bits per heavy atom. The van der Waals surface area contributed by atoms with E-state index in [1.54, 1.807) is 6.20 Å². The average Bonchev–Trinajstić information content (AvgIpc) is 2.87. The van der Waals surface area contributed by atoms with Gasteiger partial charge in [0.05, 0.1) is 23.4 Å². The highest BCUT2D eigenvalue weighted by atomic mass is 16.2. The number of nitrogens with one attached hydrogen (secondary N) is 3. The van der Waals surface area contributed by atoms with Crippen molar-refractivity contribution < 1.29 is 9.59 Å². The lowest BCUT2D eigenvalue weighted by atomic mass is 9.95. The molecule has 1 amide bonds. The first-order valence-corrected chi connectivity index (χ1v) is 7.63. The average molecular weight is 287 g/mol. The van der Waals surface area contributed by atoms with E-state index >= 15 is 0 Å². The van der Waals surface area contributed by atoms with E-state index in [9.17, 15) is 9.59 Å². The first-order valence-electron chi connectivity index (χ1n) is 7.63. The third-order valence-corrected chi connectivity index (χ3v) is 4.32. The normalized spacial score (nSPS) is 19.3. The summed E-state index contributed by atoms with van der Waals surface area (Å²) in [6.07, 6.45) is 9.12. The van der Waals surface area contributed by atoms with Crippen LogP contribution < -0.4 is 10.6 Å². The van der Waals surface area contributed by atoms with Gasteiger partial charge in [-0.05, 0) is 25.3 Å². The molecular weight excluding hydrogens is 266 g/mol. The molecule has 1 aliphatic carbocycles. The van der Waals surface area contributed by atoms with Crippen LogP contribution in [0, 0.1) is 0 Å². The summed E-state index contributed by atoms with van der Waals surface area (Å²) in [5.74, 6) is -0.185. The van der Waals surface area contributed by atoms with Crippen LogP contribution in [-0.2, 0) is 0 Å². The molecule has 0 atom stereocenters. The number of allylic oxidation sites excluding steroid dienone is 1. The van der Waals surface area contributed by atoms with Crippen LogP contribution in [0.2, 0.25) is 0 Å². The number of carbonyl (C=O) groups excluding carboxylic acids is 2. The minimum Gasteiger partial charge on any atom is -0.383 e. The number of fused-ring (bicyclic) bond motifs is 1. The van der Waals surface area contributed by atoms with Crippen molar-refractivity contribution in [3.63, 3.8) is 0 Å². The van der Waals surface area contributed by atoms with E-state index in [0.29, 0.717) is 11.1 Å². The predicted molar refractivity (Wildman–Crippen MR) is 81.1 cm³/mol. The number of ketones is 1. The minimum absolute atomic E-state index is 0.0480. The molecule has 0 bridgehead atoms. The van der Waals surface area contributed by atoms with Gasteiger partial charge in [-0.3, -0.25) is 9.59 Å². The van der Waals surface area contributed by atoms with Gasteiger partial charge in [0.15, 0.2) is 5.78 Å². The number of rotatable bonds is 2. The van der Waals surface area contributed by atoms with Crippen molar-refractivity contribution in [3.05, 3.63) is 29.2 Å². The van der Waals surface area contributed by atoms with Crippen LogP contribution in [0.3, 0.4) is 0 Å². The summed E-state index contributed by atoms with van der Waals surface area (Å²) >= 11 is 0. The Bertz CT molecular complexity index is 595. The molecule has 1 aromatic rings. The molecule has 0 aromatic carbocycles. The Hall–Kier alpha value is -2.04. The molecule has 21 heavy (non-hydrogen) atoms. The standard InChI is InChI=1S/C16H21N3O2/c1-10-7-17-9-13(20)14-12(8-18-15(10)14)16(21)19-11-5-3-2-4-6-11/h7-8,11,17-18H,2-6,9H2,1H3,(H,19,21). The molecule has 5 heteroatoms. The van der Waals surface area contributed by atoms with Gasteiger partial charge < -0.3 is 15.6 Å². The smallest absolute Gasteiger partial charge is 0.253 e. The van der Waals surface area contributed by atoms with Crippen molar-refractivity contribution in [2.45, 2.75) is 45.1 Å². The lowest BCUT2D eigenvalue weighted by Gasteiger charge is -2.22. The van der Waals surface area contributed by atoms with Crippen LogP contribution in [0.5, 0.6) is 0 Å². The van der Waals surface area contributed by atoms with Crippen LogP contribution in [0.4, 0.5) is 0 Å². The lowest BCUT2D eigenvalue weighted by molar-refractivity contribution is 0.0914. The van der Waals surface area contributed by atoms with Crippen LogP contribution >= 0.6 is 0 Å². The van der Waals surface area contributed by atoms with Gasteiger partial charge in [-0.15, -0.1) is 0 Å². The van der Waals surface area contributed by atoms with Gasteiger partial charge in [0.2, 0.25) is 0 Å². The van der Waals surface area contributed by atoms with Gasteiger partial charge in [0.25, 0.3) is 5.91 Å². The third kappa shape index (κ3) is 2.73. The summed E-state index contributed by atoms with van der Waals surface area (Å²) in [6.45, 7) is 2.15. The zero-order valence-electron chi connectivity index (χ0n) is 12.3. The van der Waals surface area contributed by atoms with Crippen molar-refractivity contribution in [2.24, 2.45) is 0 Å². The maximum Gasteiger partial charge on any atom is 0.253 e. The van der Waals surface area contributed by atoms with Crippen molar-refractivity contribution in [1.82, 2.24) is 15.6 Å². The number of carbonyl (C=O) groups is 2. The van der Waals surface area contributed by atoms with Crippen molar-refractivity contribution in [2.75, 3.05) is 6.54 Å². The van der Waals surface area contributed by atoms with E-state index < -0.39 is 0 Å². The maximum atomic E-state index is 12.5. The SMILES string of the molecule is CC1=CNCC(=O)c2c(C(=O)NC3CCCCC3)c[nH]c21. The molecule has 1 saturated carbocycles. The number of aromatic nitrogens is 1. The zero-order chi connectivity index (χ0) is 14.8. The van der Waals surface area contributed by atoms with Gasteiger partial charge in [-0.2, -0.15) is 0 Å². The minimum atomic E-state index is -0.137. The van der Waals surface area contributed by atoms with Crippen LogP contribution in [0.15, 0.2) is 12.4 Å². The molecule has 2 heterocycles. The van der Waals surface area contributed by atoms with Crippen molar-refractivity contribution in [1.29, 1.82) is 0 Å². The first kappa shape index (κ1) is 13.9. The topological polar surface area (TPSA) is 74.0 Å². The van der Waals surface area contributed by atoms with E-state index in [-0.39, 0.29) is 24.3 Å². The molecule has 0 unspecified atom stereocenters. The lowest BCUT2D eigenvalue weighted by Crippen LogP contribution is -2.36. The second-order valence-electron chi connectivity index (χ2n) is 5.89. The molecule has 3 N–H and O–H groups in total. The maximum absolute atomic E-state index is 12.5. The molecule has 5 nitrogen and oxygen atoms in total. The van der Waals surface area contributed by atoms with E-state index in [4.69, 9.17) is 0 Å². The van der Waals surface area contributed by atoms with Gasteiger partial charge in [-0.25, -0.2) is 0 Å². The first-order chi connectivity index (χ1) is 10.2. The monoisotopic (exact) mass is 287 g/mol. The summed E-state index contributed by atoms with van der Waals surface area (Å²) < 4.78 is 0. The molecule has 112 valence electrons. The largest absolute Gasteiger partial charge is 0.383 e. The number of hydrogen-bond donors (Lipinski definition) is 3. The fraction of sp³-hybridized carbons (Fsp3) is 0.500. The predicted octanol–water partition coefficient (Wildman–Crippen LogP) is 2.22. The Labute approximate surface area is 124 Å². The Morgan fingerprint density at radius 1 is 1.29 bits per heavy atom. The summed E-state index contributed by atoms with van der Waals surface area (Å²) in [5, 5.41) is 6.04. The Morgan fingerprint density at radius 3 is 2.81 bits per heavy atom. The van der Waals surface area contributed by atoms with Gasteiger partial charge >= 0.3 is 0 Å². The fourth-order valence-corrected chi connectivity index (χ4v) is 3.17. The van der Waals surface area contributed by atoms with Crippen LogP contribution in [-0.4, -0.2) is 29.3 Å². The van der Waals surface area contributed by atoms with Gasteiger partial charge in [-0.1, -0.05) is 19.3 Å². The molecule has 0 saturated heterocycles. The summed E-state index contributed by atoms with van der Waals surface area (Å²) in [4.78, 5) is 27.8. The number of aromatic amines is 1. The van der Waals surface area contributed by atoms with Crippen molar-refractivity contribution in [3.8, 4) is 0 Å². The number of Topliss-reactive ketones (excluding diaryl/α,β-unsaturated/α-hetero) is 1. The molecule has 0 radical (unpaired) electrons. The molecular formula is C16H21N3O2. The molecule has 1 fully saturated rings. The van der Waals surface area contributed by atoms with E-state index in [1.807, 2.05) is 13.1 Å². The molecule has 0 spiro atoms. The Kier molecular flexibility index (Phi) is 3.82. The zero-order valence-corrected chi connectivity index (χ0v) is 12.3. The summed E-state index contributed by atoms with van der Waals surface area (Å²) in [7, 11) is 0. The highest BCUT2D eigenvalue weighted by Gasteiger charge is 2.26. The highest BCUT2D eigenvalue weighted by Crippen LogP contribution is 2.24. The van der Waals surface area contributed by atoms with Crippen LogP contribution in [0.1, 0.15) is 65.4 Å². The summed E-state index contributed by atoms with van der Waals surface area (Å²) in [6, 6.07) is 0.243. The van der Waals surface area contributed by atoms with Gasteiger partial charge in [0.1, 0.15) is 0 Å². The highest BCUT2D eigenvalue weighted by molar-refractivity contribution is 6.12. The Balaban J connectivity index is 1.84. The van der Waals surface area contributed by atoms with Gasteiger partial charge in [0, 0.05) is 18.4 Å². The molecule has 1 aromatic heterocycles. The fourth-order valence-electron chi connectivity index (χ4n) is 3.17. The van der Waals surface area contributed by atoms with E-state index in [0.717, 1.165) is 24.1 Å². The number of H-pyrrole nitrogens is 1. The molecule has 2 aliphatic rings. The molecule has 3 rings (SSSR count). The third-order valence-electron chi connectivity index (χ3n) is 4.32. The second kappa shape index (κ2) is 5.76. The number of amides is 1. The quantitative estimate of drug-likeness (QED) is 0.781. The van der Waals surface area contributed by atoms with Crippen LogP contribution in [0.25, 0.3) is 5.57 Å².